The first-order valence-corrected chi connectivity index (χ1v) is 7.17. The third-order valence-corrected chi connectivity index (χ3v) is 4.11. The molecule has 1 saturated heterocycles. The molecule has 2 atom stereocenters. The van der Waals surface area contributed by atoms with Crippen molar-refractivity contribution in [3.63, 3.8) is 0 Å². The zero-order valence-electron chi connectivity index (χ0n) is 12.5. The Morgan fingerprint density at radius 3 is 2.38 bits per heavy atom. The van der Waals surface area contributed by atoms with Crippen molar-refractivity contribution in [3.05, 3.63) is 59.7 Å². The van der Waals surface area contributed by atoms with Gasteiger partial charge in [-0.1, -0.05) is 48.5 Å². The van der Waals surface area contributed by atoms with Gasteiger partial charge in [-0.05, 0) is 36.1 Å². The standard InChI is InChI=1S/C18H19NO2/c1-12-11-15(17-13(2)21-18(20)19(17)3)9-10-16(12)14-7-5-4-6-8-14/h4-11,13,17H,1-3H3. The molecule has 0 spiro atoms. The maximum Gasteiger partial charge on any atom is 0.410 e. The molecule has 0 saturated carbocycles. The highest BCUT2D eigenvalue weighted by Crippen LogP contribution is 2.34. The summed E-state index contributed by atoms with van der Waals surface area (Å²) in [5, 5.41) is 0. The predicted molar refractivity (Wildman–Crippen MR) is 83.1 cm³/mol. The lowest BCUT2D eigenvalue weighted by molar-refractivity contribution is 0.138. The molecule has 1 aliphatic rings. The molecule has 3 nitrogen and oxygen atoms in total. The minimum Gasteiger partial charge on any atom is -0.444 e. The summed E-state index contributed by atoms with van der Waals surface area (Å²) in [5.74, 6) is 0. The average Bonchev–Trinajstić information content (AvgIpc) is 2.73. The summed E-state index contributed by atoms with van der Waals surface area (Å²) in [6, 6.07) is 16.7. The van der Waals surface area contributed by atoms with Gasteiger partial charge in [-0.15, -0.1) is 0 Å². The molecule has 0 N–H and O–H groups in total. The molecule has 2 aromatic carbocycles. The van der Waals surface area contributed by atoms with Crippen molar-refractivity contribution in [1.82, 2.24) is 4.90 Å². The zero-order valence-corrected chi connectivity index (χ0v) is 12.5. The van der Waals surface area contributed by atoms with Crippen LogP contribution in [0, 0.1) is 6.92 Å². The van der Waals surface area contributed by atoms with E-state index in [0.717, 1.165) is 5.56 Å². The lowest BCUT2D eigenvalue weighted by Crippen LogP contribution is -2.24. The van der Waals surface area contributed by atoms with Gasteiger partial charge >= 0.3 is 6.09 Å². The van der Waals surface area contributed by atoms with Crippen molar-refractivity contribution < 1.29 is 9.53 Å². The Morgan fingerprint density at radius 2 is 1.81 bits per heavy atom. The third-order valence-electron chi connectivity index (χ3n) is 4.11. The van der Waals surface area contributed by atoms with Gasteiger partial charge in [0.05, 0.1) is 6.04 Å². The molecule has 2 unspecified atom stereocenters. The number of carbonyl (C=O) groups is 1. The topological polar surface area (TPSA) is 29.5 Å². The quantitative estimate of drug-likeness (QED) is 0.826. The van der Waals surface area contributed by atoms with Crippen LogP contribution in [0.25, 0.3) is 11.1 Å². The fraction of sp³-hybridized carbons (Fsp3) is 0.278. The summed E-state index contributed by atoms with van der Waals surface area (Å²) in [6.45, 7) is 4.04. The number of amides is 1. The Hall–Kier alpha value is -2.29. The van der Waals surface area contributed by atoms with Gasteiger partial charge in [-0.25, -0.2) is 4.79 Å². The van der Waals surface area contributed by atoms with Gasteiger partial charge in [0.25, 0.3) is 0 Å². The number of hydrogen-bond donors (Lipinski definition) is 0. The molecular formula is C18H19NO2. The molecule has 1 amide bonds. The molecule has 1 fully saturated rings. The van der Waals surface area contributed by atoms with E-state index in [2.05, 4.69) is 37.3 Å². The Bertz CT molecular complexity index is 666. The van der Waals surface area contributed by atoms with Crippen LogP contribution in [0.15, 0.2) is 48.5 Å². The fourth-order valence-corrected chi connectivity index (χ4v) is 3.04. The van der Waals surface area contributed by atoms with Gasteiger partial charge in [-0.2, -0.15) is 0 Å². The van der Waals surface area contributed by atoms with Crippen LogP contribution in [0.4, 0.5) is 4.79 Å². The molecular weight excluding hydrogens is 262 g/mol. The molecule has 108 valence electrons. The number of carbonyl (C=O) groups excluding carboxylic acids is 1. The monoisotopic (exact) mass is 281 g/mol. The predicted octanol–water partition coefficient (Wildman–Crippen LogP) is 4.17. The van der Waals surface area contributed by atoms with E-state index >= 15 is 0 Å². The first kappa shape index (κ1) is 13.7. The molecule has 0 radical (unpaired) electrons. The van der Waals surface area contributed by atoms with E-state index < -0.39 is 0 Å². The van der Waals surface area contributed by atoms with Crippen LogP contribution < -0.4 is 0 Å². The van der Waals surface area contributed by atoms with Gasteiger partial charge in [-0.3, -0.25) is 0 Å². The Kier molecular flexibility index (Phi) is 3.42. The minimum atomic E-state index is -0.253. The third kappa shape index (κ3) is 2.40. The normalized spacial score (nSPS) is 21.5. The van der Waals surface area contributed by atoms with Crippen molar-refractivity contribution in [2.75, 3.05) is 7.05 Å². The second-order valence-electron chi connectivity index (χ2n) is 5.59. The number of likely N-dealkylation sites (N-methyl/N-ethyl adjacent to an activating group) is 1. The molecule has 21 heavy (non-hydrogen) atoms. The maximum absolute atomic E-state index is 11.6. The van der Waals surface area contributed by atoms with E-state index in [1.54, 1.807) is 11.9 Å². The summed E-state index contributed by atoms with van der Waals surface area (Å²) in [4.78, 5) is 13.3. The Balaban J connectivity index is 1.97. The summed E-state index contributed by atoms with van der Waals surface area (Å²) in [7, 11) is 1.79. The minimum absolute atomic E-state index is 0.0129. The molecule has 0 aliphatic carbocycles. The molecule has 1 aliphatic heterocycles. The second-order valence-corrected chi connectivity index (χ2v) is 5.59. The Labute approximate surface area is 125 Å². The number of hydrogen-bond acceptors (Lipinski definition) is 2. The summed E-state index contributed by atoms with van der Waals surface area (Å²) in [6.07, 6.45) is -0.373. The van der Waals surface area contributed by atoms with Crippen LogP contribution in [0.3, 0.4) is 0 Å². The number of benzene rings is 2. The first-order valence-electron chi connectivity index (χ1n) is 7.17. The molecule has 0 aromatic heterocycles. The number of nitrogens with zero attached hydrogens (tertiary/aromatic N) is 1. The zero-order chi connectivity index (χ0) is 15.0. The molecule has 3 rings (SSSR count). The van der Waals surface area contributed by atoms with Crippen molar-refractivity contribution in [2.24, 2.45) is 0 Å². The molecule has 1 heterocycles. The van der Waals surface area contributed by atoms with Crippen molar-refractivity contribution in [3.8, 4) is 11.1 Å². The van der Waals surface area contributed by atoms with Crippen molar-refractivity contribution in [2.45, 2.75) is 26.0 Å². The van der Waals surface area contributed by atoms with E-state index in [1.165, 1.54) is 16.7 Å². The van der Waals surface area contributed by atoms with Gasteiger partial charge < -0.3 is 9.64 Å². The second kappa shape index (κ2) is 5.24. The molecule has 2 aromatic rings. The summed E-state index contributed by atoms with van der Waals surface area (Å²) < 4.78 is 5.28. The van der Waals surface area contributed by atoms with Crippen LogP contribution in [0.2, 0.25) is 0 Å². The van der Waals surface area contributed by atoms with E-state index in [9.17, 15) is 4.79 Å². The highest BCUT2D eigenvalue weighted by atomic mass is 16.6. The molecule has 3 heteroatoms. The van der Waals surface area contributed by atoms with E-state index in [4.69, 9.17) is 4.74 Å². The number of aryl methyl sites for hydroxylation is 1. The lowest BCUT2D eigenvalue weighted by Gasteiger charge is -2.21. The van der Waals surface area contributed by atoms with Gasteiger partial charge in [0.15, 0.2) is 0 Å². The van der Waals surface area contributed by atoms with E-state index in [1.807, 2.05) is 25.1 Å². The largest absolute Gasteiger partial charge is 0.444 e. The van der Waals surface area contributed by atoms with Crippen LogP contribution in [0.5, 0.6) is 0 Å². The SMILES string of the molecule is Cc1cc(C2C(C)OC(=O)N2C)ccc1-c1ccccc1. The number of rotatable bonds is 2. The summed E-state index contributed by atoms with van der Waals surface area (Å²) >= 11 is 0. The van der Waals surface area contributed by atoms with Crippen molar-refractivity contribution >= 4 is 6.09 Å². The number of cyclic esters (lactones) is 1. The number of ether oxygens (including phenoxy) is 1. The first-order chi connectivity index (χ1) is 10.1. The van der Waals surface area contributed by atoms with E-state index in [-0.39, 0.29) is 18.2 Å². The smallest absolute Gasteiger partial charge is 0.410 e. The average molecular weight is 281 g/mol. The van der Waals surface area contributed by atoms with E-state index in [0.29, 0.717) is 0 Å². The highest BCUT2D eigenvalue weighted by molar-refractivity contribution is 5.71. The van der Waals surface area contributed by atoms with Crippen LogP contribution in [0.1, 0.15) is 24.1 Å². The van der Waals surface area contributed by atoms with Crippen LogP contribution >= 0.6 is 0 Å². The fourth-order valence-electron chi connectivity index (χ4n) is 3.04. The van der Waals surface area contributed by atoms with Gasteiger partial charge in [0, 0.05) is 7.05 Å². The van der Waals surface area contributed by atoms with Crippen molar-refractivity contribution in [1.29, 1.82) is 0 Å². The van der Waals surface area contributed by atoms with Gasteiger partial charge in [0.1, 0.15) is 6.10 Å². The lowest BCUT2D eigenvalue weighted by atomic mass is 9.94. The van der Waals surface area contributed by atoms with Crippen LogP contribution in [-0.2, 0) is 4.74 Å². The summed E-state index contributed by atoms with van der Waals surface area (Å²) in [5.41, 5.74) is 4.76. The van der Waals surface area contributed by atoms with Gasteiger partial charge in [0.2, 0.25) is 0 Å². The maximum atomic E-state index is 11.6. The van der Waals surface area contributed by atoms with Crippen LogP contribution in [-0.4, -0.2) is 24.1 Å². The molecule has 0 bridgehead atoms. The highest BCUT2D eigenvalue weighted by Gasteiger charge is 2.37. The Morgan fingerprint density at radius 1 is 1.10 bits per heavy atom.